The van der Waals surface area contributed by atoms with Crippen molar-refractivity contribution in [2.45, 2.75) is 46.0 Å². The van der Waals surface area contributed by atoms with Crippen molar-refractivity contribution in [3.05, 3.63) is 66.1 Å². The van der Waals surface area contributed by atoms with Crippen molar-refractivity contribution in [1.29, 1.82) is 0 Å². The molecule has 6 heteroatoms. The van der Waals surface area contributed by atoms with Crippen LogP contribution in [0.3, 0.4) is 0 Å². The molecule has 1 aromatic carbocycles. The van der Waals surface area contributed by atoms with Gasteiger partial charge in [0.05, 0.1) is 16.8 Å². The Bertz CT molecular complexity index is 720. The second-order valence-electron chi connectivity index (χ2n) is 6.11. The van der Waals surface area contributed by atoms with Gasteiger partial charge < -0.3 is 11.1 Å². The number of aromatic nitrogens is 1. The topological polar surface area (TPSA) is 50.9 Å². The molecule has 0 spiro atoms. The summed E-state index contributed by atoms with van der Waals surface area (Å²) in [5.41, 5.74) is 7.42. The van der Waals surface area contributed by atoms with Gasteiger partial charge in [-0.3, -0.25) is 4.98 Å². The lowest BCUT2D eigenvalue weighted by Crippen LogP contribution is -2.43. The van der Waals surface area contributed by atoms with Gasteiger partial charge in [0.15, 0.2) is 0 Å². The van der Waals surface area contributed by atoms with Gasteiger partial charge in [0.1, 0.15) is 0 Å². The van der Waals surface area contributed by atoms with Crippen molar-refractivity contribution >= 4 is 0 Å². The summed E-state index contributed by atoms with van der Waals surface area (Å²) in [6, 6.07) is 8.68. The smallest absolute Gasteiger partial charge is 0.401 e. The lowest BCUT2D eigenvalue weighted by atomic mass is 10.0. The van der Waals surface area contributed by atoms with Crippen molar-refractivity contribution < 1.29 is 13.2 Å². The molecule has 0 aliphatic carbocycles. The van der Waals surface area contributed by atoms with Crippen molar-refractivity contribution in [2.75, 3.05) is 0 Å². The minimum atomic E-state index is -4.33. The summed E-state index contributed by atoms with van der Waals surface area (Å²) in [5.74, 6) is 0. The van der Waals surface area contributed by atoms with Gasteiger partial charge >= 0.3 is 6.18 Å². The van der Waals surface area contributed by atoms with E-state index in [4.69, 9.17) is 5.73 Å². The van der Waals surface area contributed by atoms with E-state index in [1.165, 1.54) is 12.1 Å². The SMILES string of the molecule is C=C(N)C(C)(C)NCc1cc(-c2ccc(C(F)(F)F)cc2)ccn1.CC. The van der Waals surface area contributed by atoms with E-state index in [0.717, 1.165) is 23.4 Å². The van der Waals surface area contributed by atoms with Gasteiger partial charge in [0.2, 0.25) is 0 Å². The summed E-state index contributed by atoms with van der Waals surface area (Å²) in [6.07, 6.45) is -2.70. The lowest BCUT2D eigenvalue weighted by Gasteiger charge is -2.26. The van der Waals surface area contributed by atoms with Gasteiger partial charge in [-0.05, 0) is 49.2 Å². The summed E-state index contributed by atoms with van der Waals surface area (Å²) in [7, 11) is 0. The molecule has 26 heavy (non-hydrogen) atoms. The van der Waals surface area contributed by atoms with E-state index < -0.39 is 17.3 Å². The average Bonchev–Trinajstić information content (AvgIpc) is 2.61. The Balaban J connectivity index is 0.00000163. The summed E-state index contributed by atoms with van der Waals surface area (Å²) in [4.78, 5) is 4.27. The molecule has 1 aromatic heterocycles. The maximum absolute atomic E-state index is 12.6. The van der Waals surface area contributed by atoms with E-state index in [1.54, 1.807) is 12.3 Å². The maximum atomic E-state index is 12.6. The predicted molar refractivity (Wildman–Crippen MR) is 100 cm³/mol. The maximum Gasteiger partial charge on any atom is 0.416 e. The molecule has 2 rings (SSSR count). The van der Waals surface area contributed by atoms with E-state index in [0.29, 0.717) is 17.8 Å². The molecule has 0 atom stereocenters. The molecule has 3 N–H and O–H groups in total. The molecule has 0 bridgehead atoms. The Labute approximate surface area is 153 Å². The zero-order chi connectivity index (χ0) is 20.0. The third-order valence-corrected chi connectivity index (χ3v) is 3.88. The number of hydrogen-bond donors (Lipinski definition) is 2. The molecular weight excluding hydrogens is 339 g/mol. The van der Waals surface area contributed by atoms with Gasteiger partial charge in [-0.25, -0.2) is 0 Å². The van der Waals surface area contributed by atoms with E-state index >= 15 is 0 Å². The van der Waals surface area contributed by atoms with Crippen LogP contribution in [0.5, 0.6) is 0 Å². The standard InChI is InChI=1S/C18H20F3N3.C2H6/c1-12(22)17(2,3)24-11-16-10-14(8-9-23-16)13-4-6-15(7-5-13)18(19,20)21;1-2/h4-10,24H,1,11,22H2,2-3H3;1-2H3. The van der Waals surface area contributed by atoms with Crippen molar-refractivity contribution in [2.24, 2.45) is 5.73 Å². The van der Waals surface area contributed by atoms with Gasteiger partial charge in [-0.2, -0.15) is 13.2 Å². The van der Waals surface area contributed by atoms with Gasteiger partial charge in [-0.1, -0.05) is 32.6 Å². The van der Waals surface area contributed by atoms with E-state index in [9.17, 15) is 13.2 Å². The van der Waals surface area contributed by atoms with Crippen LogP contribution in [0.25, 0.3) is 11.1 Å². The molecule has 0 saturated heterocycles. The van der Waals surface area contributed by atoms with Gasteiger partial charge in [-0.15, -0.1) is 0 Å². The predicted octanol–water partition coefficient (Wildman–Crippen LogP) is 5.13. The van der Waals surface area contributed by atoms with Crippen molar-refractivity contribution in [3.8, 4) is 11.1 Å². The Kier molecular flexibility index (Phi) is 7.39. The Morgan fingerprint density at radius 1 is 1.08 bits per heavy atom. The minimum Gasteiger partial charge on any atom is -0.401 e. The quantitative estimate of drug-likeness (QED) is 0.772. The molecule has 2 aromatic rings. The second kappa shape index (κ2) is 8.85. The first kappa shape index (κ1) is 21.7. The van der Waals surface area contributed by atoms with Crippen LogP contribution >= 0.6 is 0 Å². The number of hydrogen-bond acceptors (Lipinski definition) is 3. The number of rotatable bonds is 5. The van der Waals surface area contributed by atoms with Crippen LogP contribution in [-0.4, -0.2) is 10.5 Å². The van der Waals surface area contributed by atoms with Crippen LogP contribution in [0.15, 0.2) is 54.9 Å². The molecule has 1 heterocycles. The lowest BCUT2D eigenvalue weighted by molar-refractivity contribution is -0.137. The van der Waals surface area contributed by atoms with Crippen molar-refractivity contribution in [3.63, 3.8) is 0 Å². The molecule has 0 radical (unpaired) electrons. The fourth-order valence-electron chi connectivity index (χ4n) is 2.03. The molecule has 0 aliphatic rings. The highest BCUT2D eigenvalue weighted by molar-refractivity contribution is 5.63. The first-order valence-corrected chi connectivity index (χ1v) is 8.42. The molecule has 0 aliphatic heterocycles. The molecule has 0 amide bonds. The fraction of sp³-hybridized carbons (Fsp3) is 0.350. The Morgan fingerprint density at radius 2 is 1.65 bits per heavy atom. The first-order chi connectivity index (χ1) is 12.1. The summed E-state index contributed by atoms with van der Waals surface area (Å²) >= 11 is 0. The Morgan fingerprint density at radius 3 is 2.15 bits per heavy atom. The molecule has 3 nitrogen and oxygen atoms in total. The highest BCUT2D eigenvalue weighted by Crippen LogP contribution is 2.31. The summed E-state index contributed by atoms with van der Waals surface area (Å²) in [5, 5.41) is 3.25. The highest BCUT2D eigenvalue weighted by atomic mass is 19.4. The normalized spacial score (nSPS) is 11.5. The molecular formula is C20H26F3N3. The molecule has 0 unspecified atom stereocenters. The minimum absolute atomic E-state index is 0.438. The third kappa shape index (κ3) is 5.88. The number of pyridine rings is 1. The third-order valence-electron chi connectivity index (χ3n) is 3.88. The monoisotopic (exact) mass is 365 g/mol. The van der Waals surface area contributed by atoms with E-state index in [2.05, 4.69) is 16.9 Å². The number of nitrogens with two attached hydrogens (primary N) is 1. The largest absolute Gasteiger partial charge is 0.416 e. The van der Waals surface area contributed by atoms with Crippen LogP contribution in [0.1, 0.15) is 39.0 Å². The summed E-state index contributed by atoms with van der Waals surface area (Å²) in [6.45, 7) is 12.0. The van der Waals surface area contributed by atoms with E-state index in [-0.39, 0.29) is 0 Å². The van der Waals surface area contributed by atoms with Crippen molar-refractivity contribution in [1.82, 2.24) is 10.3 Å². The first-order valence-electron chi connectivity index (χ1n) is 8.42. The molecule has 142 valence electrons. The zero-order valence-electron chi connectivity index (χ0n) is 15.6. The average molecular weight is 365 g/mol. The van der Waals surface area contributed by atoms with Gasteiger partial charge in [0.25, 0.3) is 0 Å². The Hall–Kier alpha value is -2.34. The number of alkyl halides is 3. The summed E-state index contributed by atoms with van der Waals surface area (Å²) < 4.78 is 37.9. The van der Waals surface area contributed by atoms with Crippen LogP contribution in [-0.2, 0) is 12.7 Å². The van der Waals surface area contributed by atoms with Crippen LogP contribution < -0.4 is 11.1 Å². The highest BCUT2D eigenvalue weighted by Gasteiger charge is 2.30. The zero-order valence-corrected chi connectivity index (χ0v) is 15.6. The number of nitrogens with zero attached hydrogens (tertiary/aromatic N) is 1. The fourth-order valence-corrected chi connectivity index (χ4v) is 2.03. The number of nitrogens with one attached hydrogen (secondary N) is 1. The van der Waals surface area contributed by atoms with Crippen LogP contribution in [0.4, 0.5) is 13.2 Å². The number of halogens is 3. The molecule has 0 fully saturated rings. The molecule has 0 saturated carbocycles. The van der Waals surface area contributed by atoms with Crippen LogP contribution in [0.2, 0.25) is 0 Å². The second-order valence-corrected chi connectivity index (χ2v) is 6.11. The number of benzene rings is 1. The van der Waals surface area contributed by atoms with Crippen LogP contribution in [0, 0.1) is 0 Å². The van der Waals surface area contributed by atoms with Gasteiger partial charge in [0, 0.05) is 18.4 Å². The van der Waals surface area contributed by atoms with E-state index in [1.807, 2.05) is 33.8 Å².